The summed E-state index contributed by atoms with van der Waals surface area (Å²) in [4.78, 5) is 50.5. The van der Waals surface area contributed by atoms with E-state index in [2.05, 4.69) is 12.2 Å². The maximum atomic E-state index is 11.6. The van der Waals surface area contributed by atoms with Crippen molar-refractivity contribution in [3.63, 3.8) is 0 Å². The fourth-order valence-electron chi connectivity index (χ4n) is 2.05. The topological polar surface area (TPSA) is 92.8 Å². The van der Waals surface area contributed by atoms with Crippen molar-refractivity contribution in [1.82, 2.24) is 10.4 Å². The second-order valence-corrected chi connectivity index (χ2v) is 8.30. The summed E-state index contributed by atoms with van der Waals surface area (Å²) >= 11 is 0. The van der Waals surface area contributed by atoms with Gasteiger partial charge in [0, 0.05) is 37.3 Å². The number of hydrogen-bond donors (Lipinski definition) is 1. The molecule has 9 heteroatoms. The molecule has 0 atom stereocenters. The van der Waals surface area contributed by atoms with E-state index in [1.54, 1.807) is 0 Å². The first kappa shape index (κ1) is 21.8. The van der Waals surface area contributed by atoms with Gasteiger partial charge in [0.2, 0.25) is 5.91 Å². The van der Waals surface area contributed by atoms with Gasteiger partial charge in [-0.2, -0.15) is 0 Å². The number of carbonyl (C=O) groups excluding carboxylic acids is 4. The van der Waals surface area contributed by atoms with Crippen LogP contribution in [0.2, 0.25) is 0 Å². The first-order valence-corrected chi connectivity index (χ1v) is 11.1. The van der Waals surface area contributed by atoms with Crippen LogP contribution in [-0.4, -0.2) is 46.8 Å². The molecule has 7 nitrogen and oxygen atoms in total. The zero-order chi connectivity index (χ0) is 18.5. The molecule has 0 aromatic carbocycles. The highest BCUT2D eigenvalue weighted by molar-refractivity contribution is 8.76. The summed E-state index contributed by atoms with van der Waals surface area (Å²) < 4.78 is 0. The average molecular weight is 391 g/mol. The molecule has 1 aliphatic rings. The zero-order valence-electron chi connectivity index (χ0n) is 14.6. The van der Waals surface area contributed by atoms with Crippen LogP contribution in [0.5, 0.6) is 0 Å². The first-order chi connectivity index (χ1) is 12.0. The molecule has 0 aromatic rings. The maximum Gasteiger partial charge on any atom is 0.334 e. The van der Waals surface area contributed by atoms with E-state index in [1.807, 2.05) is 0 Å². The highest BCUT2D eigenvalue weighted by atomic mass is 33.1. The van der Waals surface area contributed by atoms with Crippen LogP contribution in [0.25, 0.3) is 0 Å². The van der Waals surface area contributed by atoms with E-state index in [0.29, 0.717) is 23.0 Å². The number of amides is 3. The molecule has 0 radical (unpaired) electrons. The van der Waals surface area contributed by atoms with Gasteiger partial charge in [0.25, 0.3) is 11.8 Å². The Morgan fingerprint density at radius 2 is 1.68 bits per heavy atom. The van der Waals surface area contributed by atoms with Gasteiger partial charge in [0.15, 0.2) is 0 Å². The molecule has 142 valence electrons. The Balaban J connectivity index is 1.95. The van der Waals surface area contributed by atoms with Crippen LogP contribution in [0.15, 0.2) is 0 Å². The molecule has 0 aliphatic carbocycles. The molecule has 0 saturated carbocycles. The van der Waals surface area contributed by atoms with Crippen molar-refractivity contribution < 1.29 is 24.0 Å². The predicted molar refractivity (Wildman–Crippen MR) is 98.5 cm³/mol. The molecule has 1 heterocycles. The monoisotopic (exact) mass is 390 g/mol. The molecular formula is C16H26N2O5S2. The molecule has 3 amide bonds. The summed E-state index contributed by atoms with van der Waals surface area (Å²) in [5.41, 5.74) is 0. The van der Waals surface area contributed by atoms with E-state index in [1.165, 1.54) is 34.4 Å². The lowest BCUT2D eigenvalue weighted by Gasteiger charge is -2.12. The molecule has 1 rings (SSSR count). The third-order valence-corrected chi connectivity index (χ3v) is 5.84. The van der Waals surface area contributed by atoms with E-state index in [0.717, 1.165) is 19.4 Å². The Hall–Kier alpha value is -1.22. The largest absolute Gasteiger partial charge is 0.356 e. The average Bonchev–Trinajstić information content (AvgIpc) is 2.89. The fourth-order valence-corrected chi connectivity index (χ4v) is 4.01. The Morgan fingerprint density at radius 3 is 2.32 bits per heavy atom. The van der Waals surface area contributed by atoms with Crippen molar-refractivity contribution >= 4 is 45.3 Å². The van der Waals surface area contributed by atoms with Crippen LogP contribution in [0, 0.1) is 0 Å². The lowest BCUT2D eigenvalue weighted by molar-refractivity contribution is -0.197. The van der Waals surface area contributed by atoms with Crippen molar-refractivity contribution in [2.24, 2.45) is 0 Å². The molecular weight excluding hydrogens is 364 g/mol. The molecule has 0 unspecified atom stereocenters. The summed E-state index contributed by atoms with van der Waals surface area (Å²) in [5.74, 6) is -0.319. The molecule has 0 aromatic heterocycles. The van der Waals surface area contributed by atoms with Gasteiger partial charge in [-0.3, -0.25) is 14.4 Å². The number of imide groups is 1. The van der Waals surface area contributed by atoms with Crippen LogP contribution in [0.4, 0.5) is 0 Å². The van der Waals surface area contributed by atoms with Crippen molar-refractivity contribution in [3.8, 4) is 0 Å². The maximum absolute atomic E-state index is 11.6. The van der Waals surface area contributed by atoms with E-state index in [4.69, 9.17) is 4.84 Å². The quantitative estimate of drug-likeness (QED) is 0.293. The number of unbranched alkanes of at least 4 members (excludes halogenated alkanes) is 3. The minimum absolute atomic E-state index is 0.0510. The zero-order valence-corrected chi connectivity index (χ0v) is 16.2. The predicted octanol–water partition coefficient (Wildman–Crippen LogP) is 2.45. The van der Waals surface area contributed by atoms with Crippen LogP contribution >= 0.6 is 21.6 Å². The number of hydroxylamine groups is 2. The third kappa shape index (κ3) is 9.74. The lowest BCUT2D eigenvalue weighted by atomic mass is 10.2. The molecule has 1 aliphatic heterocycles. The lowest BCUT2D eigenvalue weighted by Crippen LogP contribution is -2.32. The number of nitrogens with zero attached hydrogens (tertiary/aromatic N) is 1. The molecule has 1 fully saturated rings. The van der Waals surface area contributed by atoms with E-state index >= 15 is 0 Å². The molecule has 1 N–H and O–H groups in total. The fraction of sp³-hybridized carbons (Fsp3) is 0.750. The highest BCUT2D eigenvalue weighted by Gasteiger charge is 2.32. The van der Waals surface area contributed by atoms with Crippen molar-refractivity contribution in [1.29, 1.82) is 0 Å². The van der Waals surface area contributed by atoms with Gasteiger partial charge in [-0.25, -0.2) is 4.79 Å². The van der Waals surface area contributed by atoms with Gasteiger partial charge >= 0.3 is 5.97 Å². The minimum atomic E-state index is -0.596. The van der Waals surface area contributed by atoms with Crippen molar-refractivity contribution in [2.45, 2.75) is 58.3 Å². The Bertz CT molecular complexity index is 457. The molecule has 0 bridgehead atoms. The summed E-state index contributed by atoms with van der Waals surface area (Å²) in [7, 11) is 2.98. The van der Waals surface area contributed by atoms with Crippen LogP contribution in [0.1, 0.15) is 58.3 Å². The summed E-state index contributed by atoms with van der Waals surface area (Å²) in [6.45, 7) is 2.88. The van der Waals surface area contributed by atoms with Crippen molar-refractivity contribution in [2.75, 3.05) is 18.1 Å². The smallest absolute Gasteiger partial charge is 0.334 e. The van der Waals surface area contributed by atoms with Gasteiger partial charge in [0.05, 0.1) is 6.42 Å². The molecule has 0 spiro atoms. The first-order valence-electron chi connectivity index (χ1n) is 8.62. The van der Waals surface area contributed by atoms with Crippen LogP contribution in [-0.2, 0) is 24.0 Å². The Kier molecular flexibility index (Phi) is 11.4. The van der Waals surface area contributed by atoms with E-state index in [-0.39, 0.29) is 25.2 Å². The van der Waals surface area contributed by atoms with Gasteiger partial charge in [-0.1, -0.05) is 47.8 Å². The minimum Gasteiger partial charge on any atom is -0.356 e. The van der Waals surface area contributed by atoms with Gasteiger partial charge < -0.3 is 10.2 Å². The molecule has 25 heavy (non-hydrogen) atoms. The number of hydrogen-bond acceptors (Lipinski definition) is 7. The van der Waals surface area contributed by atoms with Gasteiger partial charge in [-0.05, 0) is 6.42 Å². The SMILES string of the molecule is CCCCCCNC(=O)CCSSCCC(=O)ON1C(=O)CCC1=O. The standard InChI is InChI=1S/C16H26N2O5S2/c1-2-3-4-5-10-17-13(19)8-11-24-25-12-9-16(22)23-18-14(20)6-7-15(18)21/h2-12H2,1H3,(H,17,19). The Labute approximate surface area is 156 Å². The van der Waals surface area contributed by atoms with E-state index in [9.17, 15) is 19.2 Å². The second-order valence-electron chi connectivity index (χ2n) is 5.60. The summed E-state index contributed by atoms with van der Waals surface area (Å²) in [6, 6.07) is 0. The molecule has 1 saturated heterocycles. The Morgan fingerprint density at radius 1 is 1.04 bits per heavy atom. The summed E-state index contributed by atoms with van der Waals surface area (Å²) in [5, 5.41) is 3.45. The third-order valence-electron chi connectivity index (χ3n) is 3.44. The normalized spacial score (nSPS) is 14.0. The van der Waals surface area contributed by atoms with Crippen molar-refractivity contribution in [3.05, 3.63) is 0 Å². The van der Waals surface area contributed by atoms with Gasteiger partial charge in [-0.15, -0.1) is 5.06 Å². The van der Waals surface area contributed by atoms with Crippen LogP contribution < -0.4 is 5.32 Å². The number of nitrogens with one attached hydrogen (secondary N) is 1. The second kappa shape index (κ2) is 13.0. The number of carbonyl (C=O) groups is 4. The van der Waals surface area contributed by atoms with E-state index < -0.39 is 17.8 Å². The van der Waals surface area contributed by atoms with Crippen LogP contribution in [0.3, 0.4) is 0 Å². The van der Waals surface area contributed by atoms with Gasteiger partial charge in [0.1, 0.15) is 0 Å². The summed E-state index contributed by atoms with van der Waals surface area (Å²) in [6.07, 6.45) is 5.29. The highest BCUT2D eigenvalue weighted by Crippen LogP contribution is 2.23. The number of rotatable bonds is 13.